The third-order valence-corrected chi connectivity index (χ3v) is 3.99. The number of hydrogen-bond donors (Lipinski definition) is 1. The Balaban J connectivity index is 1.78. The van der Waals surface area contributed by atoms with Gasteiger partial charge in [0.25, 0.3) is 0 Å². The van der Waals surface area contributed by atoms with Crippen molar-refractivity contribution in [2.24, 2.45) is 0 Å². The van der Waals surface area contributed by atoms with E-state index in [9.17, 15) is 8.78 Å². The zero-order valence-electron chi connectivity index (χ0n) is 12.6. The molecule has 0 amide bonds. The van der Waals surface area contributed by atoms with Crippen LogP contribution in [-0.4, -0.2) is 31.3 Å². The van der Waals surface area contributed by atoms with Gasteiger partial charge >= 0.3 is 0 Å². The van der Waals surface area contributed by atoms with Crippen molar-refractivity contribution in [2.75, 3.05) is 24.6 Å². The van der Waals surface area contributed by atoms with E-state index in [1.54, 1.807) is 4.90 Å². The molecule has 1 aromatic rings. The van der Waals surface area contributed by atoms with Crippen LogP contribution in [0.15, 0.2) is 12.1 Å². The van der Waals surface area contributed by atoms with Crippen LogP contribution in [0, 0.1) is 11.6 Å². The number of rotatable bonds is 4. The molecule has 1 heterocycles. The fourth-order valence-electron chi connectivity index (χ4n) is 2.78. The lowest BCUT2D eigenvalue weighted by molar-refractivity contribution is -0.0280. The molecule has 2 aliphatic rings. The van der Waals surface area contributed by atoms with Crippen LogP contribution in [0.1, 0.15) is 32.3 Å². The molecule has 2 fully saturated rings. The van der Waals surface area contributed by atoms with E-state index < -0.39 is 11.6 Å². The molecule has 21 heavy (non-hydrogen) atoms. The van der Waals surface area contributed by atoms with Gasteiger partial charge in [0, 0.05) is 25.7 Å². The first-order valence-electron chi connectivity index (χ1n) is 7.55. The van der Waals surface area contributed by atoms with Gasteiger partial charge in [-0.3, -0.25) is 0 Å². The van der Waals surface area contributed by atoms with Gasteiger partial charge in [0.05, 0.1) is 12.2 Å². The van der Waals surface area contributed by atoms with Crippen LogP contribution in [0.3, 0.4) is 0 Å². The number of ether oxygens (including phenoxy) is 1. The minimum atomic E-state index is -0.486. The summed E-state index contributed by atoms with van der Waals surface area (Å²) in [6.07, 6.45) is 2.32. The molecule has 1 N–H and O–H groups in total. The van der Waals surface area contributed by atoms with Crippen molar-refractivity contribution < 1.29 is 13.5 Å². The van der Waals surface area contributed by atoms with Gasteiger partial charge in [-0.25, -0.2) is 8.78 Å². The van der Waals surface area contributed by atoms with Crippen molar-refractivity contribution in [3.8, 4) is 0 Å². The van der Waals surface area contributed by atoms with E-state index in [4.69, 9.17) is 4.74 Å². The Bertz CT molecular complexity index is 506. The zero-order valence-corrected chi connectivity index (χ0v) is 12.6. The molecule has 1 saturated carbocycles. The van der Waals surface area contributed by atoms with Crippen molar-refractivity contribution in [1.29, 1.82) is 0 Å². The van der Waals surface area contributed by atoms with Crippen molar-refractivity contribution in [2.45, 2.75) is 44.9 Å². The van der Waals surface area contributed by atoms with E-state index in [0.717, 1.165) is 12.8 Å². The average molecular weight is 296 g/mol. The summed E-state index contributed by atoms with van der Waals surface area (Å²) in [7, 11) is 0. The fraction of sp³-hybridized carbons (Fsp3) is 0.625. The molecule has 1 aliphatic carbocycles. The molecule has 0 spiro atoms. The number of anilines is 1. The van der Waals surface area contributed by atoms with Gasteiger partial charge in [0.1, 0.15) is 17.3 Å². The quantitative estimate of drug-likeness (QED) is 0.924. The third-order valence-electron chi connectivity index (χ3n) is 3.99. The van der Waals surface area contributed by atoms with Gasteiger partial charge < -0.3 is 15.0 Å². The first-order chi connectivity index (χ1) is 9.94. The van der Waals surface area contributed by atoms with E-state index in [0.29, 0.717) is 37.8 Å². The predicted molar refractivity (Wildman–Crippen MR) is 78.5 cm³/mol. The number of morpholine rings is 1. The highest BCUT2D eigenvalue weighted by molar-refractivity contribution is 5.51. The molecule has 0 radical (unpaired) electrons. The normalized spacial score (nSPS) is 21.6. The van der Waals surface area contributed by atoms with Gasteiger partial charge in [-0.05, 0) is 44.4 Å². The van der Waals surface area contributed by atoms with Crippen molar-refractivity contribution >= 4 is 5.69 Å². The molecule has 0 atom stereocenters. The highest BCUT2D eigenvalue weighted by Crippen LogP contribution is 2.29. The van der Waals surface area contributed by atoms with Gasteiger partial charge in [-0.1, -0.05) is 0 Å². The predicted octanol–water partition coefficient (Wildman–Crippen LogP) is 2.83. The summed E-state index contributed by atoms with van der Waals surface area (Å²) < 4.78 is 34.3. The largest absolute Gasteiger partial charge is 0.372 e. The lowest BCUT2D eigenvalue weighted by atomic mass is 10.1. The van der Waals surface area contributed by atoms with Crippen molar-refractivity contribution in [3.63, 3.8) is 0 Å². The number of nitrogens with one attached hydrogen (secondary N) is 1. The third kappa shape index (κ3) is 3.52. The van der Waals surface area contributed by atoms with Crippen LogP contribution in [-0.2, 0) is 11.3 Å². The number of nitrogens with zero attached hydrogens (tertiary/aromatic N) is 1. The van der Waals surface area contributed by atoms with Crippen LogP contribution in [0.25, 0.3) is 0 Å². The molecular weight excluding hydrogens is 274 g/mol. The Hall–Kier alpha value is -1.20. The monoisotopic (exact) mass is 296 g/mol. The minimum absolute atomic E-state index is 0.0709. The van der Waals surface area contributed by atoms with Gasteiger partial charge in [-0.2, -0.15) is 0 Å². The van der Waals surface area contributed by atoms with E-state index in [1.165, 1.54) is 12.1 Å². The first kappa shape index (κ1) is 14.7. The first-order valence-corrected chi connectivity index (χ1v) is 7.55. The van der Waals surface area contributed by atoms with Crippen LogP contribution in [0.4, 0.5) is 14.5 Å². The molecule has 116 valence electrons. The molecule has 3 rings (SSSR count). The van der Waals surface area contributed by atoms with E-state index in [1.807, 2.05) is 13.8 Å². The Kier molecular flexibility index (Phi) is 3.88. The van der Waals surface area contributed by atoms with E-state index >= 15 is 0 Å². The fourth-order valence-corrected chi connectivity index (χ4v) is 2.78. The van der Waals surface area contributed by atoms with Crippen LogP contribution in [0.2, 0.25) is 0 Å². The summed E-state index contributed by atoms with van der Waals surface area (Å²) in [6, 6.07) is 3.41. The Labute approximate surface area is 124 Å². The lowest BCUT2D eigenvalue weighted by Gasteiger charge is -2.39. The summed E-state index contributed by atoms with van der Waals surface area (Å²) in [5.41, 5.74) is 0.346. The summed E-state index contributed by atoms with van der Waals surface area (Å²) in [4.78, 5) is 1.74. The second-order valence-electron chi connectivity index (χ2n) is 6.59. The second kappa shape index (κ2) is 5.54. The summed E-state index contributed by atoms with van der Waals surface area (Å²) in [5.74, 6) is -0.972. The topological polar surface area (TPSA) is 24.5 Å². The maximum Gasteiger partial charge on any atom is 0.149 e. The average Bonchev–Trinajstić information content (AvgIpc) is 3.18. The summed E-state index contributed by atoms with van der Waals surface area (Å²) in [6.45, 7) is 5.87. The Morgan fingerprint density at radius 1 is 1.29 bits per heavy atom. The highest BCUT2D eigenvalue weighted by atomic mass is 19.1. The summed E-state index contributed by atoms with van der Waals surface area (Å²) >= 11 is 0. The van der Waals surface area contributed by atoms with Crippen molar-refractivity contribution in [3.05, 3.63) is 29.3 Å². The molecule has 1 saturated heterocycles. The smallest absolute Gasteiger partial charge is 0.149 e. The number of hydrogen-bond acceptors (Lipinski definition) is 3. The van der Waals surface area contributed by atoms with Crippen LogP contribution < -0.4 is 10.2 Å². The highest BCUT2D eigenvalue weighted by Gasteiger charge is 2.30. The van der Waals surface area contributed by atoms with E-state index in [-0.39, 0.29) is 11.3 Å². The standard InChI is InChI=1S/C16H22F2N2O/c1-16(2)10-20(5-6-21-16)15-13(17)7-11(8-14(15)18)9-19-12-3-4-12/h7-8,12,19H,3-6,9-10H2,1-2H3. The molecule has 0 unspecified atom stereocenters. The molecule has 0 aromatic heterocycles. The van der Waals surface area contributed by atoms with Gasteiger partial charge in [0.2, 0.25) is 0 Å². The Morgan fingerprint density at radius 2 is 1.95 bits per heavy atom. The molecular formula is C16H22F2N2O. The maximum atomic E-state index is 14.3. The molecule has 5 heteroatoms. The van der Waals surface area contributed by atoms with Gasteiger partial charge in [0.15, 0.2) is 0 Å². The number of halogens is 2. The SMILES string of the molecule is CC1(C)CN(c2c(F)cc(CNC3CC3)cc2F)CCO1. The molecule has 1 aliphatic heterocycles. The molecule has 0 bridgehead atoms. The van der Waals surface area contributed by atoms with Crippen LogP contribution >= 0.6 is 0 Å². The van der Waals surface area contributed by atoms with E-state index in [2.05, 4.69) is 5.32 Å². The zero-order chi connectivity index (χ0) is 15.0. The Morgan fingerprint density at radius 3 is 2.52 bits per heavy atom. The lowest BCUT2D eigenvalue weighted by Crippen LogP contribution is -2.49. The van der Waals surface area contributed by atoms with Gasteiger partial charge in [-0.15, -0.1) is 0 Å². The van der Waals surface area contributed by atoms with Crippen LogP contribution in [0.5, 0.6) is 0 Å². The summed E-state index contributed by atoms with van der Waals surface area (Å²) in [5, 5.41) is 3.27. The van der Waals surface area contributed by atoms with Crippen molar-refractivity contribution in [1.82, 2.24) is 5.32 Å². The number of benzene rings is 1. The minimum Gasteiger partial charge on any atom is -0.372 e. The maximum absolute atomic E-state index is 14.3. The molecule has 1 aromatic carbocycles. The molecule has 3 nitrogen and oxygen atoms in total. The second-order valence-corrected chi connectivity index (χ2v) is 6.59.